The van der Waals surface area contributed by atoms with Crippen LogP contribution < -0.4 is 0 Å². The first-order valence-electron chi connectivity index (χ1n) is 9.19. The Kier molecular flexibility index (Phi) is 3.56. The fraction of sp³-hybridized carbons (Fsp3) is 0.750. The van der Waals surface area contributed by atoms with Gasteiger partial charge in [-0.3, -0.25) is 4.79 Å². The van der Waals surface area contributed by atoms with E-state index < -0.39 is 5.60 Å². The minimum Gasteiger partial charge on any atom is -0.389 e. The molecule has 0 unspecified atom stereocenters. The molecular formula is C20H28O2. The van der Waals surface area contributed by atoms with Crippen LogP contribution in [0.5, 0.6) is 0 Å². The summed E-state index contributed by atoms with van der Waals surface area (Å²) in [5, 5.41) is 11.0. The molecule has 22 heavy (non-hydrogen) atoms. The van der Waals surface area contributed by atoms with Crippen molar-refractivity contribution in [3.63, 3.8) is 0 Å². The van der Waals surface area contributed by atoms with E-state index in [0.29, 0.717) is 23.5 Å². The molecule has 0 aromatic rings. The minimum atomic E-state index is -0.476. The van der Waals surface area contributed by atoms with E-state index in [0.717, 1.165) is 43.9 Å². The molecule has 0 aliphatic heterocycles. The summed E-state index contributed by atoms with van der Waals surface area (Å²) >= 11 is 0. The van der Waals surface area contributed by atoms with Crippen molar-refractivity contribution >= 4 is 5.78 Å². The summed E-state index contributed by atoms with van der Waals surface area (Å²) in [4.78, 5) is 11.7. The molecule has 4 rings (SSSR count). The molecule has 0 spiro atoms. The number of ketones is 1. The first-order valence-corrected chi connectivity index (χ1v) is 9.19. The van der Waals surface area contributed by atoms with E-state index in [4.69, 9.17) is 0 Å². The smallest absolute Gasteiger partial charge is 0.155 e. The summed E-state index contributed by atoms with van der Waals surface area (Å²) in [5.74, 6) is 3.78. The SMILES string of the molecule is C=CC[C@]1(O)CC[C@H]2[C@@H]3CCC4=CC(=O)CC[C@@H]4[C@H]3CC[C@@H]21. The summed E-state index contributed by atoms with van der Waals surface area (Å²) in [6.45, 7) is 3.85. The summed E-state index contributed by atoms with van der Waals surface area (Å²) in [6.07, 6.45) is 13.4. The number of hydrogen-bond acceptors (Lipinski definition) is 2. The second kappa shape index (κ2) is 5.33. The van der Waals surface area contributed by atoms with Gasteiger partial charge in [-0.05, 0) is 87.0 Å². The Balaban J connectivity index is 1.57. The molecule has 2 nitrogen and oxygen atoms in total. The zero-order valence-corrected chi connectivity index (χ0v) is 13.5. The lowest BCUT2D eigenvalue weighted by Crippen LogP contribution is -2.45. The fourth-order valence-electron chi connectivity index (χ4n) is 6.48. The number of hydrogen-bond donors (Lipinski definition) is 1. The Hall–Kier alpha value is -0.890. The van der Waals surface area contributed by atoms with E-state index in [1.165, 1.54) is 31.3 Å². The van der Waals surface area contributed by atoms with Crippen LogP contribution in [0.25, 0.3) is 0 Å². The summed E-state index contributed by atoms with van der Waals surface area (Å²) in [6, 6.07) is 0. The lowest BCUT2D eigenvalue weighted by molar-refractivity contribution is -0.116. The highest BCUT2D eigenvalue weighted by Gasteiger charge is 2.54. The molecule has 0 radical (unpaired) electrons. The third-order valence-corrected chi connectivity index (χ3v) is 7.33. The number of allylic oxidation sites excluding steroid dienone is 1. The van der Waals surface area contributed by atoms with Crippen LogP contribution in [0, 0.1) is 29.6 Å². The maximum atomic E-state index is 11.7. The molecule has 0 heterocycles. The third kappa shape index (κ3) is 2.14. The quantitative estimate of drug-likeness (QED) is 0.781. The van der Waals surface area contributed by atoms with Gasteiger partial charge >= 0.3 is 0 Å². The second-order valence-electron chi connectivity index (χ2n) is 8.18. The van der Waals surface area contributed by atoms with E-state index in [-0.39, 0.29) is 0 Å². The number of rotatable bonds is 2. The third-order valence-electron chi connectivity index (χ3n) is 7.33. The normalized spacial score (nSPS) is 47.2. The van der Waals surface area contributed by atoms with Crippen molar-refractivity contribution in [2.45, 2.75) is 63.4 Å². The lowest BCUT2D eigenvalue weighted by atomic mass is 9.55. The van der Waals surface area contributed by atoms with Gasteiger partial charge in [-0.1, -0.05) is 11.6 Å². The van der Waals surface area contributed by atoms with Gasteiger partial charge in [-0.25, -0.2) is 0 Å². The first-order chi connectivity index (χ1) is 10.6. The topological polar surface area (TPSA) is 37.3 Å². The average molecular weight is 300 g/mol. The molecule has 0 amide bonds. The molecule has 3 fully saturated rings. The average Bonchev–Trinajstić information content (AvgIpc) is 2.84. The Labute approximate surface area is 133 Å². The predicted octanol–water partition coefficient (Wildman–Crippen LogP) is 4.05. The van der Waals surface area contributed by atoms with Crippen LogP contribution in [0.2, 0.25) is 0 Å². The van der Waals surface area contributed by atoms with Gasteiger partial charge in [-0.15, -0.1) is 6.58 Å². The van der Waals surface area contributed by atoms with Crippen LogP contribution in [0.1, 0.15) is 57.8 Å². The molecule has 3 saturated carbocycles. The highest BCUT2D eigenvalue weighted by Crippen LogP contribution is 2.59. The number of fused-ring (bicyclic) bond motifs is 5. The van der Waals surface area contributed by atoms with Crippen LogP contribution in [0.3, 0.4) is 0 Å². The molecule has 2 heteroatoms. The van der Waals surface area contributed by atoms with Crippen molar-refractivity contribution < 1.29 is 9.90 Å². The Morgan fingerprint density at radius 3 is 2.82 bits per heavy atom. The zero-order chi connectivity index (χ0) is 15.3. The monoisotopic (exact) mass is 300 g/mol. The van der Waals surface area contributed by atoms with Gasteiger partial charge in [0.1, 0.15) is 0 Å². The van der Waals surface area contributed by atoms with Crippen LogP contribution >= 0.6 is 0 Å². The lowest BCUT2D eigenvalue weighted by Gasteiger charge is -2.50. The second-order valence-corrected chi connectivity index (χ2v) is 8.18. The number of carbonyl (C=O) groups is 1. The molecule has 120 valence electrons. The fourth-order valence-corrected chi connectivity index (χ4v) is 6.48. The molecule has 0 aromatic carbocycles. The van der Waals surface area contributed by atoms with Crippen LogP contribution in [0.4, 0.5) is 0 Å². The van der Waals surface area contributed by atoms with Gasteiger partial charge in [-0.2, -0.15) is 0 Å². The Morgan fingerprint density at radius 2 is 2.00 bits per heavy atom. The van der Waals surface area contributed by atoms with Crippen molar-refractivity contribution in [3.8, 4) is 0 Å². The van der Waals surface area contributed by atoms with Gasteiger partial charge in [0.05, 0.1) is 5.60 Å². The van der Waals surface area contributed by atoms with Crippen LogP contribution in [-0.4, -0.2) is 16.5 Å². The molecule has 0 aromatic heterocycles. The van der Waals surface area contributed by atoms with Crippen molar-refractivity contribution in [3.05, 3.63) is 24.3 Å². The van der Waals surface area contributed by atoms with E-state index in [1.54, 1.807) is 0 Å². The maximum Gasteiger partial charge on any atom is 0.155 e. The van der Waals surface area contributed by atoms with Crippen molar-refractivity contribution in [1.29, 1.82) is 0 Å². The molecule has 1 N–H and O–H groups in total. The summed E-state index contributed by atoms with van der Waals surface area (Å²) in [7, 11) is 0. The van der Waals surface area contributed by atoms with Gasteiger partial charge in [0, 0.05) is 6.42 Å². The molecule has 0 bridgehead atoms. The highest BCUT2D eigenvalue weighted by atomic mass is 16.3. The van der Waals surface area contributed by atoms with Gasteiger partial charge in [0.15, 0.2) is 5.78 Å². The highest BCUT2D eigenvalue weighted by molar-refractivity contribution is 5.91. The van der Waals surface area contributed by atoms with Gasteiger partial charge < -0.3 is 5.11 Å². The minimum absolute atomic E-state index is 0.347. The zero-order valence-electron chi connectivity index (χ0n) is 13.5. The van der Waals surface area contributed by atoms with E-state index in [1.807, 2.05) is 12.2 Å². The molecule has 6 atom stereocenters. The Morgan fingerprint density at radius 1 is 1.14 bits per heavy atom. The molecule has 4 aliphatic carbocycles. The van der Waals surface area contributed by atoms with Crippen molar-refractivity contribution in [2.24, 2.45) is 29.6 Å². The van der Waals surface area contributed by atoms with Gasteiger partial charge in [0.2, 0.25) is 0 Å². The maximum absolute atomic E-state index is 11.7. The predicted molar refractivity (Wildman–Crippen MR) is 87.2 cm³/mol. The van der Waals surface area contributed by atoms with Crippen molar-refractivity contribution in [1.82, 2.24) is 0 Å². The summed E-state index contributed by atoms with van der Waals surface area (Å²) in [5.41, 5.74) is 0.978. The standard InChI is InChI=1S/C20H28O2/c1-2-10-20(22)11-9-18-17-5-3-13-12-14(21)4-6-15(13)16(17)7-8-19(18)20/h2,12,15-19,22H,1,3-11H2/t15-,16+,17+,18-,19-,20-/m0/s1. The largest absolute Gasteiger partial charge is 0.389 e. The van der Waals surface area contributed by atoms with E-state index in [9.17, 15) is 9.90 Å². The molecule has 0 saturated heterocycles. The van der Waals surface area contributed by atoms with Crippen LogP contribution in [-0.2, 0) is 4.79 Å². The number of aliphatic hydroxyl groups is 1. The summed E-state index contributed by atoms with van der Waals surface area (Å²) < 4.78 is 0. The van der Waals surface area contributed by atoms with Crippen LogP contribution in [0.15, 0.2) is 24.3 Å². The number of carbonyl (C=O) groups excluding carboxylic acids is 1. The Bertz CT molecular complexity index is 520. The van der Waals surface area contributed by atoms with Crippen molar-refractivity contribution in [2.75, 3.05) is 0 Å². The van der Waals surface area contributed by atoms with Gasteiger partial charge in [0.25, 0.3) is 0 Å². The first kappa shape index (κ1) is 14.7. The van der Waals surface area contributed by atoms with E-state index in [2.05, 4.69) is 6.58 Å². The van der Waals surface area contributed by atoms with E-state index >= 15 is 0 Å². The molecule has 4 aliphatic rings. The molecular weight excluding hydrogens is 272 g/mol.